The van der Waals surface area contributed by atoms with E-state index in [0.717, 1.165) is 43.0 Å². The van der Waals surface area contributed by atoms with Crippen molar-refractivity contribution in [3.63, 3.8) is 0 Å². The molecular weight excluding hydrogens is 308 g/mol. The molecule has 0 spiro atoms. The van der Waals surface area contributed by atoms with Crippen molar-refractivity contribution < 1.29 is 0 Å². The van der Waals surface area contributed by atoms with Crippen LogP contribution in [0.25, 0.3) is 0 Å². The van der Waals surface area contributed by atoms with Crippen LogP contribution in [0.3, 0.4) is 0 Å². The zero-order chi connectivity index (χ0) is 15.5. The lowest BCUT2D eigenvalue weighted by molar-refractivity contribution is 0.391. The second-order valence-corrected chi connectivity index (χ2v) is 6.24. The van der Waals surface area contributed by atoms with E-state index < -0.39 is 0 Å². The van der Waals surface area contributed by atoms with E-state index in [-0.39, 0.29) is 0 Å². The van der Waals surface area contributed by atoms with Gasteiger partial charge in [0.15, 0.2) is 11.8 Å². The van der Waals surface area contributed by atoms with Gasteiger partial charge in [-0.05, 0) is 24.3 Å². The highest BCUT2D eigenvalue weighted by Gasteiger charge is 2.27. The number of aliphatic imine (C=N–C) groups is 1. The number of aromatic nitrogens is 2. The molecular formula is C16H17N6S. The topological polar surface area (TPSA) is 47.9 Å². The fourth-order valence-electron chi connectivity index (χ4n) is 2.63. The molecule has 6 nitrogen and oxygen atoms in total. The van der Waals surface area contributed by atoms with Gasteiger partial charge in [0, 0.05) is 50.5 Å². The Hall–Kier alpha value is -2.28. The van der Waals surface area contributed by atoms with Gasteiger partial charge in [0.25, 0.3) is 0 Å². The zero-order valence-corrected chi connectivity index (χ0v) is 13.4. The van der Waals surface area contributed by atoms with Crippen LogP contribution in [0.5, 0.6) is 0 Å². The first kappa shape index (κ1) is 14.3. The number of hydrogen-bond donors (Lipinski definition) is 0. The summed E-state index contributed by atoms with van der Waals surface area (Å²) >= 11 is 1.62. The van der Waals surface area contributed by atoms with Crippen molar-refractivity contribution in [3.8, 4) is 0 Å². The second-order valence-electron chi connectivity index (χ2n) is 5.29. The van der Waals surface area contributed by atoms with E-state index in [9.17, 15) is 0 Å². The third-order valence-electron chi connectivity index (χ3n) is 3.85. The zero-order valence-electron chi connectivity index (χ0n) is 12.6. The number of piperazine rings is 1. The first-order valence-corrected chi connectivity index (χ1v) is 8.38. The van der Waals surface area contributed by atoms with Gasteiger partial charge >= 0.3 is 0 Å². The fourth-order valence-corrected chi connectivity index (χ4v) is 3.50. The van der Waals surface area contributed by atoms with Crippen LogP contribution < -0.4 is 9.21 Å². The molecule has 0 amide bonds. The van der Waals surface area contributed by atoms with Gasteiger partial charge in [-0.1, -0.05) is 12.1 Å². The van der Waals surface area contributed by atoms with Crippen molar-refractivity contribution in [3.05, 3.63) is 55.5 Å². The van der Waals surface area contributed by atoms with Gasteiger partial charge in [-0.25, -0.2) is 15.0 Å². The number of nitrogens with zero attached hydrogens (tertiary/aromatic N) is 6. The van der Waals surface area contributed by atoms with E-state index in [1.54, 1.807) is 18.1 Å². The molecule has 0 saturated carbocycles. The normalized spacial score (nSPS) is 18.3. The third kappa shape index (κ3) is 3.10. The number of hydrogen-bond acceptors (Lipinski definition) is 7. The first-order valence-electron chi connectivity index (χ1n) is 7.60. The third-order valence-corrected chi connectivity index (χ3v) is 4.86. The summed E-state index contributed by atoms with van der Waals surface area (Å²) in [4.78, 5) is 18.0. The van der Waals surface area contributed by atoms with Crippen LogP contribution in [0.2, 0.25) is 0 Å². The van der Waals surface area contributed by atoms with Gasteiger partial charge in [-0.3, -0.25) is 4.31 Å². The number of anilines is 2. The standard InChI is InChI=1S/C16H17N6S/c1-3-7-17-14(5-1)20-9-11-21(12-10-20)16-19-13-22(23-16)15-6-2-4-8-18-15/h1-8,13H,9-12H2. The molecule has 23 heavy (non-hydrogen) atoms. The Morgan fingerprint density at radius 3 is 2.09 bits per heavy atom. The average molecular weight is 325 g/mol. The maximum absolute atomic E-state index is 4.55. The molecule has 2 aliphatic rings. The Morgan fingerprint density at radius 1 is 0.783 bits per heavy atom. The molecule has 2 aromatic heterocycles. The van der Waals surface area contributed by atoms with E-state index in [1.807, 2.05) is 47.5 Å². The molecule has 1 saturated heterocycles. The Morgan fingerprint density at radius 2 is 1.43 bits per heavy atom. The highest BCUT2D eigenvalue weighted by Crippen LogP contribution is 2.30. The Labute approximate surface area is 140 Å². The van der Waals surface area contributed by atoms with Crippen molar-refractivity contribution >= 4 is 28.8 Å². The van der Waals surface area contributed by atoms with Crippen molar-refractivity contribution in [2.45, 2.75) is 0 Å². The second kappa shape index (κ2) is 6.45. The molecule has 2 aromatic rings. The average Bonchev–Trinajstić information content (AvgIpc) is 3.14. The molecule has 0 bridgehead atoms. The highest BCUT2D eigenvalue weighted by atomic mass is 32.2. The highest BCUT2D eigenvalue weighted by molar-refractivity contribution is 8.15. The summed E-state index contributed by atoms with van der Waals surface area (Å²) in [5, 5.41) is 1.04. The minimum atomic E-state index is 0.906. The predicted molar refractivity (Wildman–Crippen MR) is 94.1 cm³/mol. The molecule has 0 unspecified atom stereocenters. The quantitative estimate of drug-likeness (QED) is 0.789. The summed E-state index contributed by atoms with van der Waals surface area (Å²) in [7, 11) is 0. The summed E-state index contributed by atoms with van der Waals surface area (Å²) in [6.45, 7) is 5.66. The molecule has 7 heteroatoms. The van der Waals surface area contributed by atoms with Gasteiger partial charge in [0.05, 0.1) is 0 Å². The minimum Gasteiger partial charge on any atom is -0.353 e. The molecule has 4 rings (SSSR count). The predicted octanol–water partition coefficient (Wildman–Crippen LogP) is 2.24. The van der Waals surface area contributed by atoms with Gasteiger partial charge in [0.1, 0.15) is 11.6 Å². The van der Waals surface area contributed by atoms with E-state index >= 15 is 0 Å². The molecule has 0 aliphatic carbocycles. The summed E-state index contributed by atoms with van der Waals surface area (Å²) in [5.41, 5.74) is 0. The summed E-state index contributed by atoms with van der Waals surface area (Å²) in [6.07, 6.45) is 3.64. The van der Waals surface area contributed by atoms with E-state index in [1.165, 1.54) is 0 Å². The molecule has 2 aliphatic heterocycles. The molecule has 0 N–H and O–H groups in total. The number of pyridine rings is 2. The number of rotatable bonds is 2. The van der Waals surface area contributed by atoms with Gasteiger partial charge in [-0.15, -0.1) is 0 Å². The lowest BCUT2D eigenvalue weighted by Gasteiger charge is -2.36. The van der Waals surface area contributed by atoms with Crippen LogP contribution in [-0.4, -0.2) is 46.2 Å². The smallest absolute Gasteiger partial charge is 0.182 e. The molecule has 1 radical (unpaired) electrons. The largest absolute Gasteiger partial charge is 0.353 e. The van der Waals surface area contributed by atoms with Gasteiger partial charge in [-0.2, -0.15) is 0 Å². The van der Waals surface area contributed by atoms with Crippen LogP contribution >= 0.6 is 11.9 Å². The van der Waals surface area contributed by atoms with Crippen LogP contribution in [0.4, 0.5) is 11.6 Å². The van der Waals surface area contributed by atoms with E-state index in [4.69, 9.17) is 0 Å². The molecule has 4 heterocycles. The van der Waals surface area contributed by atoms with Crippen molar-refractivity contribution in [2.75, 3.05) is 35.4 Å². The Bertz CT molecular complexity index is 669. The van der Waals surface area contributed by atoms with Gasteiger partial charge in [0.2, 0.25) is 0 Å². The van der Waals surface area contributed by atoms with Crippen molar-refractivity contribution in [1.82, 2.24) is 14.9 Å². The SMILES string of the molecule is [CH]1N=C(N2CCN(c3ccccn3)CC2)SN1c1ccccn1. The summed E-state index contributed by atoms with van der Waals surface area (Å²) in [6, 6.07) is 11.9. The summed E-state index contributed by atoms with van der Waals surface area (Å²) < 4.78 is 2.00. The number of amidine groups is 1. The fraction of sp³-hybridized carbons (Fsp3) is 0.250. The lowest BCUT2D eigenvalue weighted by atomic mass is 10.3. The monoisotopic (exact) mass is 325 g/mol. The first-order chi connectivity index (χ1) is 11.4. The molecule has 117 valence electrons. The maximum atomic E-state index is 4.55. The Kier molecular flexibility index (Phi) is 4.02. The van der Waals surface area contributed by atoms with E-state index in [2.05, 4.69) is 30.8 Å². The van der Waals surface area contributed by atoms with E-state index in [0.29, 0.717) is 0 Å². The minimum absolute atomic E-state index is 0.906. The van der Waals surface area contributed by atoms with Crippen molar-refractivity contribution in [1.29, 1.82) is 0 Å². The van der Waals surface area contributed by atoms with Crippen molar-refractivity contribution in [2.24, 2.45) is 4.99 Å². The lowest BCUT2D eigenvalue weighted by Crippen LogP contribution is -2.48. The summed E-state index contributed by atoms with van der Waals surface area (Å²) in [5.74, 6) is 1.96. The van der Waals surface area contributed by atoms with Crippen LogP contribution in [0, 0.1) is 6.67 Å². The Balaban J connectivity index is 1.35. The van der Waals surface area contributed by atoms with Crippen LogP contribution in [-0.2, 0) is 0 Å². The maximum Gasteiger partial charge on any atom is 0.182 e. The van der Waals surface area contributed by atoms with Crippen LogP contribution in [0.15, 0.2) is 53.8 Å². The van der Waals surface area contributed by atoms with Gasteiger partial charge < -0.3 is 9.80 Å². The molecule has 0 atom stereocenters. The van der Waals surface area contributed by atoms with Crippen LogP contribution in [0.1, 0.15) is 0 Å². The molecule has 0 aromatic carbocycles. The molecule has 1 fully saturated rings.